The Kier molecular flexibility index (Phi) is 5.05. The number of ether oxygens (including phenoxy) is 1. The standard InChI is InChI=1S/C30H36N2O3/c33-23-10-9-22-17-30-26-12-14-29(35-26,19-31-27(34)11-8-20-4-2-1-3-5-20)28(30)24(25(22)16-23)13-15-32(30)18-21-6-7-21/h1-5,9-10,16,21,24,26,28,33H,6-8,11-15,17-19H2,(H,31,34)/t24?,26?,28?,29-,30?/m0/s1. The number of aryl methyl sites for hydroxylation is 1. The molecular formula is C30H36N2O3. The van der Waals surface area contributed by atoms with E-state index in [4.69, 9.17) is 4.74 Å². The van der Waals surface area contributed by atoms with Gasteiger partial charge in [-0.05, 0) is 92.1 Å². The molecule has 184 valence electrons. The normalized spacial score (nSPS) is 34.9. The molecule has 7 rings (SSSR count). The molecule has 5 heteroatoms. The van der Waals surface area contributed by atoms with Gasteiger partial charge in [-0.15, -0.1) is 0 Å². The minimum Gasteiger partial charge on any atom is -0.508 e. The van der Waals surface area contributed by atoms with Gasteiger partial charge in [0.05, 0.1) is 17.2 Å². The zero-order chi connectivity index (χ0) is 23.6. The first-order valence-electron chi connectivity index (χ1n) is 13.6. The van der Waals surface area contributed by atoms with Crippen LogP contribution in [-0.4, -0.2) is 52.8 Å². The van der Waals surface area contributed by atoms with Crippen LogP contribution in [0.25, 0.3) is 0 Å². The van der Waals surface area contributed by atoms with Crippen molar-refractivity contribution in [3.8, 4) is 5.75 Å². The van der Waals surface area contributed by atoms with Crippen LogP contribution >= 0.6 is 0 Å². The molecule has 2 N–H and O–H groups in total. The van der Waals surface area contributed by atoms with Crippen molar-refractivity contribution >= 4 is 5.91 Å². The minimum absolute atomic E-state index is 0.0303. The Morgan fingerprint density at radius 2 is 1.97 bits per heavy atom. The highest BCUT2D eigenvalue weighted by Gasteiger charge is 2.73. The Balaban J connectivity index is 1.17. The summed E-state index contributed by atoms with van der Waals surface area (Å²) in [5.74, 6) is 2.07. The lowest BCUT2D eigenvalue weighted by atomic mass is 9.52. The van der Waals surface area contributed by atoms with E-state index < -0.39 is 0 Å². The number of nitrogens with zero attached hydrogens (tertiary/aromatic N) is 1. The number of nitrogens with one attached hydrogen (secondary N) is 1. The van der Waals surface area contributed by atoms with Gasteiger partial charge in [0, 0.05) is 25.4 Å². The Labute approximate surface area is 207 Å². The van der Waals surface area contributed by atoms with Crippen molar-refractivity contribution in [1.82, 2.24) is 10.2 Å². The van der Waals surface area contributed by atoms with Crippen LogP contribution in [0.3, 0.4) is 0 Å². The van der Waals surface area contributed by atoms with Crippen molar-refractivity contribution in [3.63, 3.8) is 0 Å². The van der Waals surface area contributed by atoms with Crippen molar-refractivity contribution < 1.29 is 14.6 Å². The molecule has 2 aromatic rings. The second kappa shape index (κ2) is 8.07. The van der Waals surface area contributed by atoms with Crippen LogP contribution in [0.5, 0.6) is 5.75 Å². The molecule has 5 nitrogen and oxygen atoms in total. The number of phenolic OH excluding ortho intramolecular Hbond substituents is 1. The summed E-state index contributed by atoms with van der Waals surface area (Å²) in [6, 6.07) is 16.3. The molecule has 3 saturated heterocycles. The van der Waals surface area contributed by atoms with E-state index in [1.807, 2.05) is 30.3 Å². The van der Waals surface area contributed by atoms with Crippen LogP contribution < -0.4 is 5.32 Å². The average molecular weight is 473 g/mol. The Bertz CT molecular complexity index is 1130. The largest absolute Gasteiger partial charge is 0.508 e. The maximum absolute atomic E-state index is 12.9. The van der Waals surface area contributed by atoms with Crippen molar-refractivity contribution in [2.75, 3.05) is 19.6 Å². The lowest BCUT2D eigenvalue weighted by molar-refractivity contribution is -0.123. The number of aromatic hydroxyl groups is 1. The number of fused-ring (bicyclic) bond motifs is 4. The summed E-state index contributed by atoms with van der Waals surface area (Å²) in [5, 5.41) is 13.6. The van der Waals surface area contributed by atoms with E-state index in [-0.39, 0.29) is 23.2 Å². The number of benzene rings is 2. The van der Waals surface area contributed by atoms with E-state index in [0.717, 1.165) is 44.6 Å². The Hall–Kier alpha value is -2.37. The van der Waals surface area contributed by atoms with Crippen molar-refractivity contribution in [2.45, 2.75) is 74.5 Å². The predicted molar refractivity (Wildman–Crippen MR) is 134 cm³/mol. The summed E-state index contributed by atoms with van der Waals surface area (Å²) in [4.78, 5) is 15.7. The molecule has 0 aromatic heterocycles. The summed E-state index contributed by atoms with van der Waals surface area (Å²) >= 11 is 0. The van der Waals surface area contributed by atoms with E-state index in [0.29, 0.717) is 30.6 Å². The Morgan fingerprint density at radius 3 is 2.80 bits per heavy atom. The summed E-state index contributed by atoms with van der Waals surface area (Å²) in [7, 11) is 0. The van der Waals surface area contributed by atoms with Crippen molar-refractivity contribution in [2.24, 2.45) is 11.8 Å². The first-order valence-corrected chi connectivity index (χ1v) is 13.6. The third-order valence-corrected chi connectivity index (χ3v) is 9.82. The quantitative estimate of drug-likeness (QED) is 0.635. The van der Waals surface area contributed by atoms with Crippen LogP contribution in [0.2, 0.25) is 0 Å². The van der Waals surface area contributed by atoms with Crippen LogP contribution in [0.15, 0.2) is 48.5 Å². The van der Waals surface area contributed by atoms with Gasteiger partial charge < -0.3 is 15.2 Å². The number of carbonyl (C=O) groups is 1. The van der Waals surface area contributed by atoms with Gasteiger partial charge in [-0.3, -0.25) is 9.69 Å². The van der Waals surface area contributed by atoms with Crippen LogP contribution in [0, 0.1) is 11.8 Å². The van der Waals surface area contributed by atoms with Crippen molar-refractivity contribution in [1.29, 1.82) is 0 Å². The number of hydrogen-bond acceptors (Lipinski definition) is 4. The molecule has 2 aliphatic carbocycles. The highest BCUT2D eigenvalue weighted by atomic mass is 16.5. The molecule has 3 aliphatic heterocycles. The van der Waals surface area contributed by atoms with Crippen molar-refractivity contribution in [3.05, 3.63) is 65.2 Å². The van der Waals surface area contributed by atoms with E-state index >= 15 is 0 Å². The molecule has 3 heterocycles. The Morgan fingerprint density at radius 1 is 1.11 bits per heavy atom. The molecule has 2 aromatic carbocycles. The van der Waals surface area contributed by atoms with Gasteiger partial charge in [0.25, 0.3) is 0 Å². The molecular weight excluding hydrogens is 436 g/mol. The maximum Gasteiger partial charge on any atom is 0.220 e. The fourth-order valence-corrected chi connectivity index (χ4v) is 8.21. The zero-order valence-electron chi connectivity index (χ0n) is 20.4. The first kappa shape index (κ1) is 21.9. The highest BCUT2D eigenvalue weighted by Crippen LogP contribution is 2.66. The number of likely N-dealkylation sites (tertiary alicyclic amines) is 1. The van der Waals surface area contributed by atoms with Gasteiger partial charge in [0.2, 0.25) is 5.91 Å². The molecule has 5 atom stereocenters. The van der Waals surface area contributed by atoms with Gasteiger partial charge >= 0.3 is 0 Å². The topological polar surface area (TPSA) is 61.8 Å². The summed E-state index contributed by atoms with van der Waals surface area (Å²) in [5.41, 5.74) is 3.64. The van der Waals surface area contributed by atoms with Crippen LogP contribution in [-0.2, 0) is 22.4 Å². The number of piperidine rings is 1. The molecule has 5 aliphatic rings. The monoisotopic (exact) mass is 472 g/mol. The average Bonchev–Trinajstić information content (AvgIpc) is 3.52. The molecule has 1 saturated carbocycles. The van der Waals surface area contributed by atoms with E-state index in [2.05, 4.69) is 28.4 Å². The third-order valence-electron chi connectivity index (χ3n) is 9.82. The number of phenols is 1. The molecule has 0 radical (unpaired) electrons. The molecule has 4 fully saturated rings. The van der Waals surface area contributed by atoms with Gasteiger partial charge in [-0.25, -0.2) is 0 Å². The second-order valence-electron chi connectivity index (χ2n) is 11.8. The van der Waals surface area contributed by atoms with Gasteiger partial charge in [0.15, 0.2) is 0 Å². The maximum atomic E-state index is 12.9. The molecule has 35 heavy (non-hydrogen) atoms. The summed E-state index contributed by atoms with van der Waals surface area (Å²) in [6.07, 6.45) is 8.44. The molecule has 0 spiro atoms. The van der Waals surface area contributed by atoms with E-state index in [1.54, 1.807) is 0 Å². The SMILES string of the molecule is O=C(CCc1ccccc1)NC[C@]12CCC(O1)C13Cc4ccc(O)cc4C(CCN1CC1CC1)C32. The zero-order valence-corrected chi connectivity index (χ0v) is 20.4. The minimum atomic E-state index is -0.302. The highest BCUT2D eigenvalue weighted by molar-refractivity contribution is 5.76. The summed E-state index contributed by atoms with van der Waals surface area (Å²) < 4.78 is 7.00. The number of rotatable bonds is 7. The lowest BCUT2D eigenvalue weighted by Gasteiger charge is -2.60. The number of carbonyl (C=O) groups excluding carboxylic acids is 1. The van der Waals surface area contributed by atoms with E-state index in [9.17, 15) is 9.90 Å². The van der Waals surface area contributed by atoms with Crippen LogP contribution in [0.1, 0.15) is 61.1 Å². The fraction of sp³-hybridized carbons (Fsp3) is 0.567. The molecule has 1 amide bonds. The smallest absolute Gasteiger partial charge is 0.220 e. The molecule has 4 bridgehead atoms. The number of amides is 1. The second-order valence-corrected chi connectivity index (χ2v) is 11.8. The summed E-state index contributed by atoms with van der Waals surface area (Å²) in [6.45, 7) is 2.91. The number of hydrogen-bond donors (Lipinski definition) is 2. The van der Waals surface area contributed by atoms with Crippen LogP contribution in [0.4, 0.5) is 0 Å². The van der Waals surface area contributed by atoms with Gasteiger partial charge in [0.1, 0.15) is 5.75 Å². The third kappa shape index (κ3) is 3.46. The lowest BCUT2D eigenvalue weighted by Crippen LogP contribution is -2.70. The van der Waals surface area contributed by atoms with Gasteiger partial charge in [-0.2, -0.15) is 0 Å². The predicted octanol–water partition coefficient (Wildman–Crippen LogP) is 4.18. The molecule has 4 unspecified atom stereocenters. The van der Waals surface area contributed by atoms with Gasteiger partial charge in [-0.1, -0.05) is 36.4 Å². The first-order chi connectivity index (χ1) is 17.1. The van der Waals surface area contributed by atoms with E-state index in [1.165, 1.54) is 36.1 Å². The fourth-order valence-electron chi connectivity index (χ4n) is 8.21.